The van der Waals surface area contributed by atoms with Gasteiger partial charge >= 0.3 is 5.97 Å². The van der Waals surface area contributed by atoms with Crippen molar-refractivity contribution in [1.29, 1.82) is 0 Å². The number of hydrogen-bond donors (Lipinski definition) is 1. The van der Waals surface area contributed by atoms with Crippen LogP contribution in [-0.2, 0) is 10.5 Å². The Morgan fingerprint density at radius 3 is 2.69 bits per heavy atom. The molecule has 0 spiro atoms. The van der Waals surface area contributed by atoms with Gasteiger partial charge in [0.05, 0.1) is 12.5 Å². The summed E-state index contributed by atoms with van der Waals surface area (Å²) >= 11 is 1.45. The van der Waals surface area contributed by atoms with Crippen LogP contribution in [0.2, 0.25) is 0 Å². The average molecular weight is 242 g/mol. The van der Waals surface area contributed by atoms with Crippen LogP contribution in [0.3, 0.4) is 0 Å². The molecule has 0 saturated carbocycles. The van der Waals surface area contributed by atoms with Gasteiger partial charge in [0.1, 0.15) is 5.25 Å². The molecule has 1 N–H and O–H groups in total. The molecule has 1 rings (SSSR count). The number of hydrogen-bond acceptors (Lipinski definition) is 3. The fraction of sp³-hybridized carbons (Fsp3) is 0.583. The number of thioether (sulfide) groups is 1. The summed E-state index contributed by atoms with van der Waals surface area (Å²) in [5.74, 6) is -0.0489. The van der Waals surface area contributed by atoms with Crippen molar-refractivity contribution in [2.24, 2.45) is 5.41 Å². The fourth-order valence-corrected chi connectivity index (χ4v) is 2.66. The molecule has 1 heterocycles. The van der Waals surface area contributed by atoms with E-state index in [1.165, 1.54) is 11.8 Å². The molecule has 16 heavy (non-hydrogen) atoms. The maximum absolute atomic E-state index is 11.1. The normalized spacial score (nSPS) is 13.7. The fourth-order valence-electron chi connectivity index (χ4n) is 1.35. The van der Waals surface area contributed by atoms with Crippen LogP contribution in [0, 0.1) is 5.41 Å². The summed E-state index contributed by atoms with van der Waals surface area (Å²) in [6.07, 6.45) is 3.93. The highest BCUT2D eigenvalue weighted by atomic mass is 32.2. The van der Waals surface area contributed by atoms with E-state index < -0.39 is 5.97 Å². The van der Waals surface area contributed by atoms with Gasteiger partial charge in [0.15, 0.2) is 0 Å². The second-order valence-electron chi connectivity index (χ2n) is 5.03. The third-order valence-electron chi connectivity index (χ3n) is 2.10. The monoisotopic (exact) mass is 242 g/mol. The molecule has 0 bridgehead atoms. The zero-order chi connectivity index (χ0) is 12.2. The summed E-state index contributed by atoms with van der Waals surface area (Å²) in [6.45, 7) is 6.17. The molecule has 0 aliphatic carbocycles. The van der Waals surface area contributed by atoms with E-state index in [9.17, 15) is 4.79 Å². The molecule has 0 aliphatic rings. The Morgan fingerprint density at radius 1 is 1.56 bits per heavy atom. The molecule has 1 atom stereocenters. The van der Waals surface area contributed by atoms with Gasteiger partial charge in [-0.05, 0) is 17.9 Å². The predicted molar refractivity (Wildman–Crippen MR) is 65.5 cm³/mol. The van der Waals surface area contributed by atoms with Gasteiger partial charge in [0.2, 0.25) is 0 Å². The summed E-state index contributed by atoms with van der Waals surface area (Å²) in [6, 6.07) is 1.86. The number of aliphatic carboxylic acids is 1. The first-order valence-electron chi connectivity index (χ1n) is 5.24. The van der Waals surface area contributed by atoms with E-state index >= 15 is 0 Å². The summed E-state index contributed by atoms with van der Waals surface area (Å²) in [4.78, 5) is 11.1. The quantitative estimate of drug-likeness (QED) is 0.859. The highest BCUT2D eigenvalue weighted by molar-refractivity contribution is 7.99. The first kappa shape index (κ1) is 13.2. The van der Waals surface area contributed by atoms with Crippen molar-refractivity contribution in [2.75, 3.05) is 0 Å². The summed E-state index contributed by atoms with van der Waals surface area (Å²) in [5.41, 5.74) is 1.07. The molecule has 0 aliphatic heterocycles. The van der Waals surface area contributed by atoms with Crippen molar-refractivity contribution in [2.45, 2.75) is 38.2 Å². The molecule has 1 aromatic rings. The zero-order valence-corrected chi connectivity index (χ0v) is 10.7. The highest BCUT2D eigenvalue weighted by Crippen LogP contribution is 2.29. The van der Waals surface area contributed by atoms with Crippen molar-refractivity contribution in [3.05, 3.63) is 24.2 Å². The first-order chi connectivity index (χ1) is 7.38. The Morgan fingerprint density at radius 2 is 2.25 bits per heavy atom. The van der Waals surface area contributed by atoms with Gasteiger partial charge in [0.25, 0.3) is 0 Å². The van der Waals surface area contributed by atoms with Crippen molar-refractivity contribution in [1.82, 2.24) is 0 Å². The van der Waals surface area contributed by atoms with Crippen LogP contribution in [0.1, 0.15) is 32.8 Å². The number of carboxylic acid groups (broad SMARTS) is 1. The average Bonchev–Trinajstić information content (AvgIpc) is 2.62. The molecule has 0 saturated heterocycles. The van der Waals surface area contributed by atoms with E-state index in [1.807, 2.05) is 6.07 Å². The SMILES string of the molecule is CC(C)(C)CC(SCc1ccoc1)C(=O)O. The highest BCUT2D eigenvalue weighted by Gasteiger charge is 2.24. The van der Waals surface area contributed by atoms with E-state index in [4.69, 9.17) is 9.52 Å². The van der Waals surface area contributed by atoms with E-state index in [1.54, 1.807) is 12.5 Å². The lowest BCUT2D eigenvalue weighted by atomic mass is 9.90. The summed E-state index contributed by atoms with van der Waals surface area (Å²) in [5, 5.41) is 8.77. The van der Waals surface area contributed by atoms with Gasteiger partial charge in [-0.15, -0.1) is 11.8 Å². The van der Waals surface area contributed by atoms with Gasteiger partial charge in [0, 0.05) is 11.3 Å². The zero-order valence-electron chi connectivity index (χ0n) is 9.90. The molecule has 90 valence electrons. The molecule has 1 aromatic heterocycles. The standard InChI is InChI=1S/C12H18O3S/c1-12(2,3)6-10(11(13)14)16-8-9-4-5-15-7-9/h4-5,7,10H,6,8H2,1-3H3,(H,13,14). The van der Waals surface area contributed by atoms with Crippen LogP contribution < -0.4 is 0 Å². The van der Waals surface area contributed by atoms with Crippen molar-refractivity contribution in [3.8, 4) is 0 Å². The maximum Gasteiger partial charge on any atom is 0.316 e. The van der Waals surface area contributed by atoms with Gasteiger partial charge < -0.3 is 9.52 Å². The molecular formula is C12H18O3S. The first-order valence-corrected chi connectivity index (χ1v) is 6.29. The van der Waals surface area contributed by atoms with E-state index in [0.717, 1.165) is 5.56 Å². The Balaban J connectivity index is 2.49. The van der Waals surface area contributed by atoms with Crippen LogP contribution in [0.5, 0.6) is 0 Å². The van der Waals surface area contributed by atoms with Crippen molar-refractivity contribution < 1.29 is 14.3 Å². The molecule has 1 unspecified atom stereocenters. The molecule has 3 nitrogen and oxygen atoms in total. The number of carbonyl (C=O) groups is 1. The van der Waals surface area contributed by atoms with Gasteiger partial charge in [-0.3, -0.25) is 4.79 Å². The summed E-state index contributed by atoms with van der Waals surface area (Å²) in [7, 11) is 0. The van der Waals surface area contributed by atoms with Crippen LogP contribution in [0.25, 0.3) is 0 Å². The van der Waals surface area contributed by atoms with Crippen LogP contribution in [0.4, 0.5) is 0 Å². The van der Waals surface area contributed by atoms with Gasteiger partial charge in [-0.1, -0.05) is 20.8 Å². The smallest absolute Gasteiger partial charge is 0.316 e. The van der Waals surface area contributed by atoms with Gasteiger partial charge in [-0.25, -0.2) is 0 Å². The molecule has 0 amide bonds. The molecule has 0 radical (unpaired) electrons. The van der Waals surface area contributed by atoms with Crippen LogP contribution in [-0.4, -0.2) is 16.3 Å². The molecule has 0 fully saturated rings. The Bertz CT molecular complexity index is 325. The number of furan rings is 1. The van der Waals surface area contributed by atoms with Crippen LogP contribution in [0.15, 0.2) is 23.0 Å². The molecular weight excluding hydrogens is 224 g/mol. The minimum atomic E-state index is -0.733. The topological polar surface area (TPSA) is 50.4 Å². The lowest BCUT2D eigenvalue weighted by Crippen LogP contribution is -2.23. The predicted octanol–water partition coefficient (Wildman–Crippen LogP) is 3.40. The third-order valence-corrected chi connectivity index (χ3v) is 3.38. The second-order valence-corrected chi connectivity index (χ2v) is 6.23. The Hall–Kier alpha value is -0.900. The van der Waals surface area contributed by atoms with Crippen LogP contribution >= 0.6 is 11.8 Å². The summed E-state index contributed by atoms with van der Waals surface area (Å²) < 4.78 is 4.95. The van der Waals surface area contributed by atoms with Crippen molar-refractivity contribution in [3.63, 3.8) is 0 Å². The second kappa shape index (κ2) is 5.43. The lowest BCUT2D eigenvalue weighted by Gasteiger charge is -2.22. The van der Waals surface area contributed by atoms with Crippen molar-refractivity contribution >= 4 is 17.7 Å². The Labute approximate surface area is 100 Å². The Kier molecular flexibility index (Phi) is 4.47. The molecule has 0 aromatic carbocycles. The molecule has 4 heteroatoms. The van der Waals surface area contributed by atoms with E-state index in [2.05, 4.69) is 20.8 Å². The lowest BCUT2D eigenvalue weighted by molar-refractivity contribution is -0.136. The van der Waals surface area contributed by atoms with Gasteiger partial charge in [-0.2, -0.15) is 0 Å². The minimum absolute atomic E-state index is 0.0342. The maximum atomic E-state index is 11.1. The number of rotatable bonds is 5. The minimum Gasteiger partial charge on any atom is -0.480 e. The van der Waals surface area contributed by atoms with E-state index in [0.29, 0.717) is 12.2 Å². The largest absolute Gasteiger partial charge is 0.480 e. The number of carboxylic acids is 1. The van der Waals surface area contributed by atoms with E-state index in [-0.39, 0.29) is 10.7 Å². The third kappa shape index (κ3) is 4.75.